The zero-order valence-electron chi connectivity index (χ0n) is 12.0. The van der Waals surface area contributed by atoms with E-state index in [2.05, 4.69) is 11.9 Å². The molecule has 6 heteroatoms. The summed E-state index contributed by atoms with van der Waals surface area (Å²) >= 11 is 1.55. The second-order valence-corrected chi connectivity index (χ2v) is 5.44. The number of hydrogen-bond acceptors (Lipinski definition) is 5. The zero-order chi connectivity index (χ0) is 14.8. The van der Waals surface area contributed by atoms with Gasteiger partial charge in [0.25, 0.3) is 0 Å². The van der Waals surface area contributed by atoms with Gasteiger partial charge in [-0.15, -0.1) is 11.3 Å². The van der Waals surface area contributed by atoms with Crippen LogP contribution in [0.1, 0.15) is 18.2 Å². The number of thiazole rings is 1. The van der Waals surface area contributed by atoms with Crippen LogP contribution in [0.3, 0.4) is 0 Å². The molecule has 2 N–H and O–H groups in total. The maximum atomic E-state index is 5.93. The minimum Gasteiger partial charge on any atom is -0.493 e. The molecule has 0 aliphatic carbocycles. The quantitative estimate of drug-likeness (QED) is 0.786. The van der Waals surface area contributed by atoms with E-state index >= 15 is 0 Å². The van der Waals surface area contributed by atoms with Gasteiger partial charge < -0.3 is 15.2 Å². The zero-order valence-corrected chi connectivity index (χ0v) is 12.8. The van der Waals surface area contributed by atoms with Crippen molar-refractivity contribution in [3.63, 3.8) is 0 Å². The second-order valence-electron chi connectivity index (χ2n) is 4.56. The van der Waals surface area contributed by atoms with Crippen LogP contribution in [0.2, 0.25) is 0 Å². The predicted molar refractivity (Wildman–Crippen MR) is 83.4 cm³/mol. The van der Waals surface area contributed by atoms with Crippen molar-refractivity contribution in [3.8, 4) is 17.4 Å². The minimum absolute atomic E-state index is 0.364. The number of methoxy groups -OCH3 is 1. The smallest absolute Gasteiger partial charge is 0.243 e. The molecule has 0 aliphatic rings. The maximum absolute atomic E-state index is 5.93. The molecule has 0 radical (unpaired) electrons. The molecule has 2 aromatic heterocycles. The van der Waals surface area contributed by atoms with E-state index in [0.29, 0.717) is 23.9 Å². The Balaban J connectivity index is 1.99. The summed E-state index contributed by atoms with van der Waals surface area (Å²) in [4.78, 5) is 5.35. The summed E-state index contributed by atoms with van der Waals surface area (Å²) in [5.74, 6) is 1.88. The van der Waals surface area contributed by atoms with Gasteiger partial charge in [-0.3, -0.25) is 4.40 Å². The normalized spacial score (nSPS) is 11.0. The van der Waals surface area contributed by atoms with Crippen LogP contribution in [-0.4, -0.2) is 16.5 Å². The number of nitrogens with two attached hydrogens (primary N) is 1. The SMILES string of the molecule is CCc1ccc(Oc2nc3sccn3c2CN)c(OC)c1. The van der Waals surface area contributed by atoms with Gasteiger partial charge in [0.05, 0.1) is 7.11 Å². The molecular formula is C15H17N3O2S. The van der Waals surface area contributed by atoms with Crippen molar-refractivity contribution >= 4 is 16.3 Å². The molecule has 3 rings (SSSR count). The molecule has 0 saturated carbocycles. The third kappa shape index (κ3) is 2.48. The Bertz CT molecular complexity index is 763. The lowest BCUT2D eigenvalue weighted by molar-refractivity contribution is 0.373. The van der Waals surface area contributed by atoms with E-state index in [4.69, 9.17) is 15.2 Å². The Kier molecular flexibility index (Phi) is 3.81. The average molecular weight is 303 g/mol. The summed E-state index contributed by atoms with van der Waals surface area (Å²) in [5.41, 5.74) is 7.88. The van der Waals surface area contributed by atoms with Crippen LogP contribution >= 0.6 is 11.3 Å². The molecule has 0 fully saturated rings. The van der Waals surface area contributed by atoms with Gasteiger partial charge in [-0.05, 0) is 24.1 Å². The highest BCUT2D eigenvalue weighted by atomic mass is 32.1. The lowest BCUT2D eigenvalue weighted by atomic mass is 10.1. The van der Waals surface area contributed by atoms with Gasteiger partial charge >= 0.3 is 0 Å². The lowest BCUT2D eigenvalue weighted by Gasteiger charge is -2.10. The second kappa shape index (κ2) is 5.75. The number of ether oxygens (including phenoxy) is 2. The number of aromatic nitrogens is 2. The van der Waals surface area contributed by atoms with Crippen molar-refractivity contribution < 1.29 is 9.47 Å². The van der Waals surface area contributed by atoms with E-state index in [-0.39, 0.29) is 0 Å². The molecule has 0 bridgehead atoms. The number of fused-ring (bicyclic) bond motifs is 1. The van der Waals surface area contributed by atoms with Crippen LogP contribution in [0.15, 0.2) is 29.8 Å². The van der Waals surface area contributed by atoms with Gasteiger partial charge in [0.15, 0.2) is 16.5 Å². The number of benzene rings is 1. The molecule has 0 atom stereocenters. The predicted octanol–water partition coefficient (Wildman–Crippen LogP) is 3.22. The van der Waals surface area contributed by atoms with E-state index in [1.54, 1.807) is 18.4 Å². The molecule has 0 unspecified atom stereocenters. The van der Waals surface area contributed by atoms with Crippen LogP contribution in [0.4, 0.5) is 0 Å². The van der Waals surface area contributed by atoms with Gasteiger partial charge in [0, 0.05) is 18.1 Å². The number of nitrogens with zero attached hydrogens (tertiary/aromatic N) is 2. The first-order valence-electron chi connectivity index (χ1n) is 6.76. The Morgan fingerprint density at radius 2 is 2.19 bits per heavy atom. The summed E-state index contributed by atoms with van der Waals surface area (Å²) < 4.78 is 13.3. The van der Waals surface area contributed by atoms with Gasteiger partial charge in [-0.2, -0.15) is 4.98 Å². The number of rotatable bonds is 5. The molecule has 110 valence electrons. The fourth-order valence-corrected chi connectivity index (χ4v) is 2.93. The van der Waals surface area contributed by atoms with E-state index in [1.165, 1.54) is 5.56 Å². The van der Waals surface area contributed by atoms with Crippen molar-refractivity contribution in [2.24, 2.45) is 5.73 Å². The van der Waals surface area contributed by atoms with E-state index in [9.17, 15) is 0 Å². The van der Waals surface area contributed by atoms with Gasteiger partial charge in [-0.1, -0.05) is 13.0 Å². The van der Waals surface area contributed by atoms with E-state index in [0.717, 1.165) is 17.1 Å². The van der Waals surface area contributed by atoms with Crippen LogP contribution in [0.25, 0.3) is 4.96 Å². The fourth-order valence-electron chi connectivity index (χ4n) is 2.20. The Labute approximate surface area is 126 Å². The number of imidazole rings is 1. The highest BCUT2D eigenvalue weighted by molar-refractivity contribution is 7.15. The number of aryl methyl sites for hydroxylation is 1. The lowest BCUT2D eigenvalue weighted by Crippen LogP contribution is -2.02. The fraction of sp³-hybridized carbons (Fsp3) is 0.267. The topological polar surface area (TPSA) is 61.8 Å². The van der Waals surface area contributed by atoms with Gasteiger partial charge in [-0.25, -0.2) is 0 Å². The van der Waals surface area contributed by atoms with Crippen molar-refractivity contribution in [3.05, 3.63) is 41.0 Å². The first-order valence-corrected chi connectivity index (χ1v) is 7.64. The van der Waals surface area contributed by atoms with Crippen molar-refractivity contribution in [2.45, 2.75) is 19.9 Å². The molecule has 2 heterocycles. The monoisotopic (exact) mass is 303 g/mol. The molecule has 21 heavy (non-hydrogen) atoms. The van der Waals surface area contributed by atoms with Crippen molar-refractivity contribution in [1.29, 1.82) is 0 Å². The first-order chi connectivity index (χ1) is 10.3. The largest absolute Gasteiger partial charge is 0.493 e. The Morgan fingerprint density at radius 3 is 2.90 bits per heavy atom. The van der Waals surface area contributed by atoms with E-state index in [1.807, 2.05) is 34.2 Å². The molecule has 1 aromatic carbocycles. The molecule has 0 amide bonds. The maximum Gasteiger partial charge on any atom is 0.243 e. The molecule has 3 aromatic rings. The summed E-state index contributed by atoms with van der Waals surface area (Å²) in [6.45, 7) is 2.47. The average Bonchev–Trinajstić information content (AvgIpc) is 3.08. The molecular weight excluding hydrogens is 286 g/mol. The Hall–Kier alpha value is -2.05. The molecule has 5 nitrogen and oxygen atoms in total. The molecule has 0 aliphatic heterocycles. The van der Waals surface area contributed by atoms with E-state index < -0.39 is 0 Å². The number of hydrogen-bond donors (Lipinski definition) is 1. The van der Waals surface area contributed by atoms with Crippen LogP contribution in [0, 0.1) is 0 Å². The first kappa shape index (κ1) is 13.9. The van der Waals surface area contributed by atoms with Crippen LogP contribution < -0.4 is 15.2 Å². The standard InChI is InChI=1S/C15H17N3O2S/c1-3-10-4-5-12(13(8-10)19-2)20-14-11(9-16)18-6-7-21-15(18)17-14/h4-8H,3,9,16H2,1-2H3. The summed E-state index contributed by atoms with van der Waals surface area (Å²) in [6.07, 6.45) is 2.89. The highest BCUT2D eigenvalue weighted by Crippen LogP contribution is 2.34. The summed E-state index contributed by atoms with van der Waals surface area (Å²) in [7, 11) is 1.64. The van der Waals surface area contributed by atoms with Crippen LogP contribution in [-0.2, 0) is 13.0 Å². The molecule has 0 saturated heterocycles. The summed E-state index contributed by atoms with van der Waals surface area (Å²) in [6, 6.07) is 5.92. The van der Waals surface area contributed by atoms with Crippen LogP contribution in [0.5, 0.6) is 17.4 Å². The third-order valence-corrected chi connectivity index (χ3v) is 4.12. The Morgan fingerprint density at radius 1 is 1.33 bits per heavy atom. The third-order valence-electron chi connectivity index (χ3n) is 3.36. The van der Waals surface area contributed by atoms with Crippen molar-refractivity contribution in [1.82, 2.24) is 9.38 Å². The summed E-state index contributed by atoms with van der Waals surface area (Å²) in [5, 5.41) is 1.97. The van der Waals surface area contributed by atoms with Gasteiger partial charge in [0.2, 0.25) is 5.88 Å². The minimum atomic E-state index is 0.364. The van der Waals surface area contributed by atoms with Crippen molar-refractivity contribution in [2.75, 3.05) is 7.11 Å². The highest BCUT2D eigenvalue weighted by Gasteiger charge is 2.16. The molecule has 0 spiro atoms. The van der Waals surface area contributed by atoms with Gasteiger partial charge in [0.1, 0.15) is 5.69 Å².